The van der Waals surface area contributed by atoms with E-state index in [0.717, 1.165) is 6.42 Å². The fourth-order valence-corrected chi connectivity index (χ4v) is 2.77. The van der Waals surface area contributed by atoms with Gasteiger partial charge in [0.2, 0.25) is 15.0 Å². The lowest BCUT2D eigenvalue weighted by atomic mass is 10.4. The van der Waals surface area contributed by atoms with Crippen LogP contribution in [0.15, 0.2) is 17.6 Å². The molecule has 0 aromatic carbocycles. The van der Waals surface area contributed by atoms with Crippen LogP contribution < -0.4 is 0 Å². The quantitative estimate of drug-likeness (QED) is 0.675. The molecule has 86 valence electrons. The van der Waals surface area contributed by atoms with Gasteiger partial charge in [-0.25, -0.2) is 13.4 Å². The molecular weight excluding hydrogens is 216 g/mol. The highest BCUT2D eigenvalue weighted by atomic mass is 32.2. The van der Waals surface area contributed by atoms with Crippen LogP contribution in [-0.4, -0.2) is 37.4 Å². The minimum absolute atomic E-state index is 0.126. The van der Waals surface area contributed by atoms with Gasteiger partial charge >= 0.3 is 0 Å². The number of aromatic nitrogens is 2. The van der Waals surface area contributed by atoms with Crippen LogP contribution in [0.2, 0.25) is 0 Å². The molecule has 0 aliphatic rings. The third-order valence-electron chi connectivity index (χ3n) is 2.07. The maximum atomic E-state index is 11.8. The van der Waals surface area contributed by atoms with Crippen LogP contribution in [0.3, 0.4) is 0 Å². The van der Waals surface area contributed by atoms with Crippen LogP contribution in [0.4, 0.5) is 0 Å². The van der Waals surface area contributed by atoms with Gasteiger partial charge in [-0.1, -0.05) is 0 Å². The fraction of sp³-hybridized carbons (Fsp3) is 0.667. The maximum absolute atomic E-state index is 11.8. The lowest BCUT2D eigenvalue weighted by Crippen LogP contribution is -2.12. The molecule has 1 heterocycles. The molecule has 1 aromatic heterocycles. The summed E-state index contributed by atoms with van der Waals surface area (Å²) >= 11 is 0. The molecule has 0 radical (unpaired) electrons. The Morgan fingerprint density at radius 2 is 2.20 bits per heavy atom. The maximum Gasteiger partial charge on any atom is 0.227 e. The second-order valence-corrected chi connectivity index (χ2v) is 5.34. The number of methoxy groups -OCH3 is 1. The summed E-state index contributed by atoms with van der Waals surface area (Å²) in [7, 11) is 0.0483. The highest BCUT2D eigenvalue weighted by Crippen LogP contribution is 2.09. The number of hydrogen-bond donors (Lipinski definition) is 0. The minimum atomic E-state index is -3.23. The average Bonchev–Trinajstić information content (AvgIpc) is 2.60. The number of imidazole rings is 1. The monoisotopic (exact) mass is 232 g/mol. The first-order valence-corrected chi connectivity index (χ1v) is 6.42. The van der Waals surface area contributed by atoms with Gasteiger partial charge in [0.1, 0.15) is 0 Å². The molecule has 0 amide bonds. The third kappa shape index (κ3) is 3.32. The Balaban J connectivity index is 2.57. The molecule has 1 rings (SSSR count). The molecule has 0 aliphatic heterocycles. The van der Waals surface area contributed by atoms with Gasteiger partial charge < -0.3 is 9.30 Å². The average molecular weight is 232 g/mol. The molecule has 0 aliphatic carbocycles. The Kier molecular flexibility index (Phi) is 4.28. The Bertz CT molecular complexity index is 397. The molecule has 0 N–H and O–H groups in total. The summed E-state index contributed by atoms with van der Waals surface area (Å²) in [6.45, 7) is 0.593. The topological polar surface area (TPSA) is 61.2 Å². The molecule has 0 unspecified atom stereocenters. The number of rotatable bonds is 6. The SMILES string of the molecule is COCCCCS(=O)(=O)c1nccn1C. The van der Waals surface area contributed by atoms with Crippen LogP contribution in [-0.2, 0) is 21.6 Å². The van der Waals surface area contributed by atoms with Crippen molar-refractivity contribution in [1.82, 2.24) is 9.55 Å². The van der Waals surface area contributed by atoms with E-state index in [-0.39, 0.29) is 10.9 Å². The van der Waals surface area contributed by atoms with Gasteiger partial charge in [0, 0.05) is 33.2 Å². The van der Waals surface area contributed by atoms with E-state index in [0.29, 0.717) is 13.0 Å². The fourth-order valence-electron chi connectivity index (χ4n) is 1.28. The van der Waals surface area contributed by atoms with E-state index in [1.807, 2.05) is 0 Å². The van der Waals surface area contributed by atoms with Gasteiger partial charge in [0.05, 0.1) is 5.75 Å². The Morgan fingerprint density at radius 3 is 2.73 bits per heavy atom. The van der Waals surface area contributed by atoms with Crippen LogP contribution in [0, 0.1) is 0 Å². The molecule has 15 heavy (non-hydrogen) atoms. The van der Waals surface area contributed by atoms with Crippen molar-refractivity contribution in [2.45, 2.75) is 18.0 Å². The zero-order valence-electron chi connectivity index (χ0n) is 9.01. The first-order valence-electron chi connectivity index (χ1n) is 4.77. The molecule has 1 aromatic rings. The second kappa shape index (κ2) is 5.27. The van der Waals surface area contributed by atoms with E-state index in [2.05, 4.69) is 4.98 Å². The van der Waals surface area contributed by atoms with Crippen LogP contribution >= 0.6 is 0 Å². The minimum Gasteiger partial charge on any atom is -0.385 e. The molecule has 0 saturated heterocycles. The number of ether oxygens (including phenoxy) is 1. The van der Waals surface area contributed by atoms with E-state index < -0.39 is 9.84 Å². The number of hydrogen-bond acceptors (Lipinski definition) is 4. The number of aryl methyl sites for hydroxylation is 1. The van der Waals surface area contributed by atoms with Gasteiger partial charge in [-0.3, -0.25) is 0 Å². The van der Waals surface area contributed by atoms with E-state index in [1.54, 1.807) is 20.4 Å². The third-order valence-corrected chi connectivity index (χ3v) is 3.84. The first kappa shape index (κ1) is 12.2. The zero-order chi connectivity index (χ0) is 11.3. The van der Waals surface area contributed by atoms with E-state index >= 15 is 0 Å². The molecule has 0 fully saturated rings. The summed E-state index contributed by atoms with van der Waals surface area (Å²) in [5.74, 6) is 0.126. The van der Waals surface area contributed by atoms with Crippen molar-refractivity contribution in [3.8, 4) is 0 Å². The van der Waals surface area contributed by atoms with Crippen molar-refractivity contribution in [2.75, 3.05) is 19.5 Å². The molecular formula is C9H16N2O3S. The van der Waals surface area contributed by atoms with Crippen molar-refractivity contribution < 1.29 is 13.2 Å². The van der Waals surface area contributed by atoms with Gasteiger partial charge in [-0.15, -0.1) is 0 Å². The van der Waals surface area contributed by atoms with Crippen molar-refractivity contribution in [3.05, 3.63) is 12.4 Å². The molecule has 0 atom stereocenters. The smallest absolute Gasteiger partial charge is 0.227 e. The summed E-state index contributed by atoms with van der Waals surface area (Å²) < 4.78 is 29.9. The first-order chi connectivity index (χ1) is 7.08. The summed E-state index contributed by atoms with van der Waals surface area (Å²) in [4.78, 5) is 3.83. The standard InChI is InChI=1S/C9H16N2O3S/c1-11-6-5-10-9(11)15(12,13)8-4-3-7-14-2/h5-6H,3-4,7-8H2,1-2H3. The van der Waals surface area contributed by atoms with Crippen LogP contribution in [0.25, 0.3) is 0 Å². The van der Waals surface area contributed by atoms with Gasteiger partial charge in [0.15, 0.2) is 0 Å². The van der Waals surface area contributed by atoms with Gasteiger partial charge in [0.25, 0.3) is 0 Å². The summed E-state index contributed by atoms with van der Waals surface area (Å²) in [6.07, 6.45) is 4.47. The molecule has 0 spiro atoms. The Hall–Kier alpha value is -0.880. The van der Waals surface area contributed by atoms with E-state index in [1.165, 1.54) is 10.8 Å². The van der Waals surface area contributed by atoms with Gasteiger partial charge in [-0.05, 0) is 12.8 Å². The Morgan fingerprint density at radius 1 is 1.47 bits per heavy atom. The van der Waals surface area contributed by atoms with Crippen molar-refractivity contribution in [1.29, 1.82) is 0 Å². The molecule has 0 saturated carbocycles. The number of sulfone groups is 1. The van der Waals surface area contributed by atoms with Crippen molar-refractivity contribution in [3.63, 3.8) is 0 Å². The predicted octanol–water partition coefficient (Wildman–Crippen LogP) is 0.620. The molecule has 6 heteroatoms. The largest absolute Gasteiger partial charge is 0.385 e. The summed E-state index contributed by atoms with van der Waals surface area (Å²) in [5.41, 5.74) is 0. The second-order valence-electron chi connectivity index (χ2n) is 3.34. The van der Waals surface area contributed by atoms with Crippen molar-refractivity contribution in [2.24, 2.45) is 7.05 Å². The highest BCUT2D eigenvalue weighted by Gasteiger charge is 2.18. The lowest BCUT2D eigenvalue weighted by Gasteiger charge is -2.03. The van der Waals surface area contributed by atoms with E-state index in [4.69, 9.17) is 4.74 Å². The predicted molar refractivity (Wildman–Crippen MR) is 56.4 cm³/mol. The van der Waals surface area contributed by atoms with E-state index in [9.17, 15) is 8.42 Å². The van der Waals surface area contributed by atoms with Gasteiger partial charge in [-0.2, -0.15) is 0 Å². The number of nitrogens with zero attached hydrogens (tertiary/aromatic N) is 2. The zero-order valence-corrected chi connectivity index (χ0v) is 9.83. The molecule has 5 nitrogen and oxygen atoms in total. The van der Waals surface area contributed by atoms with Crippen LogP contribution in [0.5, 0.6) is 0 Å². The van der Waals surface area contributed by atoms with Crippen molar-refractivity contribution >= 4 is 9.84 Å². The van der Waals surface area contributed by atoms with Crippen LogP contribution in [0.1, 0.15) is 12.8 Å². The number of unbranched alkanes of at least 4 members (excludes halogenated alkanes) is 1. The molecule has 0 bridgehead atoms. The summed E-state index contributed by atoms with van der Waals surface area (Å²) in [5, 5.41) is 0.139. The normalized spacial score (nSPS) is 11.9. The Labute approximate surface area is 90.0 Å². The highest BCUT2D eigenvalue weighted by molar-refractivity contribution is 7.91. The summed E-state index contributed by atoms with van der Waals surface area (Å²) in [6, 6.07) is 0. The lowest BCUT2D eigenvalue weighted by molar-refractivity contribution is 0.194.